The molecule has 6 heteroatoms. The molecule has 0 fully saturated rings. The van der Waals surface area contributed by atoms with E-state index in [9.17, 15) is 9.59 Å². The van der Waals surface area contributed by atoms with Gasteiger partial charge in [0.1, 0.15) is 6.04 Å². The first-order valence-corrected chi connectivity index (χ1v) is 5.37. The Labute approximate surface area is 99.8 Å². The quantitative estimate of drug-likeness (QED) is 0.626. The monoisotopic (exact) mass is 236 g/mol. The van der Waals surface area contributed by atoms with Crippen molar-refractivity contribution in [2.45, 2.75) is 31.8 Å². The largest absolute Gasteiger partial charge is 0.370 e. The molecule has 0 saturated carbocycles. The number of nitrogens with zero attached hydrogens (tertiary/aromatic N) is 2. The van der Waals surface area contributed by atoms with Crippen LogP contribution in [0.25, 0.3) is 0 Å². The van der Waals surface area contributed by atoms with Crippen molar-refractivity contribution in [3.63, 3.8) is 0 Å². The summed E-state index contributed by atoms with van der Waals surface area (Å²) in [6.07, 6.45) is 2.02. The molecule has 1 unspecified atom stereocenters. The van der Waals surface area contributed by atoms with Gasteiger partial charge in [0.25, 0.3) is 0 Å². The number of amides is 2. The molecule has 1 aliphatic heterocycles. The highest BCUT2D eigenvalue weighted by Crippen LogP contribution is 2.17. The van der Waals surface area contributed by atoms with Crippen molar-refractivity contribution in [2.75, 3.05) is 6.54 Å². The van der Waals surface area contributed by atoms with E-state index in [-0.39, 0.29) is 18.7 Å². The summed E-state index contributed by atoms with van der Waals surface area (Å²) in [6.45, 7) is 2.27. The minimum Gasteiger partial charge on any atom is -0.370 e. The van der Waals surface area contributed by atoms with Crippen LogP contribution in [0.1, 0.15) is 19.8 Å². The predicted octanol–water partition coefficient (Wildman–Crippen LogP) is -0.740. The smallest absolute Gasteiger partial charge is 0.241 e. The van der Waals surface area contributed by atoms with Crippen LogP contribution in [0.15, 0.2) is 11.6 Å². The number of carbonyl (C=O) groups excluding carboxylic acids is 2. The van der Waals surface area contributed by atoms with Crippen LogP contribution in [0, 0.1) is 11.3 Å². The molecule has 0 bridgehead atoms. The lowest BCUT2D eigenvalue weighted by Crippen LogP contribution is -2.46. The number of nitriles is 1. The van der Waals surface area contributed by atoms with Crippen LogP contribution in [0.5, 0.6) is 0 Å². The molecule has 1 rings (SSSR count). The summed E-state index contributed by atoms with van der Waals surface area (Å²) in [7, 11) is 0. The summed E-state index contributed by atoms with van der Waals surface area (Å²) in [5.41, 5.74) is 11.6. The second-order valence-corrected chi connectivity index (χ2v) is 4.16. The van der Waals surface area contributed by atoms with Gasteiger partial charge >= 0.3 is 0 Å². The SMILES string of the molecule is CC1=CC(C#N)N(C(=O)[C@@H](N)CCC(N)=O)C1. The van der Waals surface area contributed by atoms with Gasteiger partial charge < -0.3 is 16.4 Å². The van der Waals surface area contributed by atoms with Gasteiger partial charge in [0.2, 0.25) is 11.8 Å². The molecule has 1 heterocycles. The summed E-state index contributed by atoms with van der Waals surface area (Å²) in [4.78, 5) is 24.0. The van der Waals surface area contributed by atoms with E-state index in [1.165, 1.54) is 4.90 Å². The van der Waals surface area contributed by atoms with Crippen molar-refractivity contribution in [3.05, 3.63) is 11.6 Å². The van der Waals surface area contributed by atoms with Crippen LogP contribution >= 0.6 is 0 Å². The fourth-order valence-corrected chi connectivity index (χ4v) is 1.74. The zero-order chi connectivity index (χ0) is 13.0. The van der Waals surface area contributed by atoms with Crippen molar-refractivity contribution in [1.82, 2.24) is 4.90 Å². The Morgan fingerprint density at radius 3 is 2.88 bits per heavy atom. The molecule has 0 saturated heterocycles. The summed E-state index contributed by atoms with van der Waals surface area (Å²) >= 11 is 0. The molecule has 0 spiro atoms. The average molecular weight is 236 g/mol. The first kappa shape index (κ1) is 13.2. The molecule has 1 aliphatic rings. The van der Waals surface area contributed by atoms with Gasteiger partial charge in [-0.25, -0.2) is 0 Å². The molecule has 2 amide bonds. The van der Waals surface area contributed by atoms with Crippen LogP contribution in [0.3, 0.4) is 0 Å². The van der Waals surface area contributed by atoms with Crippen LogP contribution < -0.4 is 11.5 Å². The Morgan fingerprint density at radius 1 is 1.71 bits per heavy atom. The summed E-state index contributed by atoms with van der Waals surface area (Å²) in [6, 6.07) is 0.693. The minimum absolute atomic E-state index is 0.0738. The lowest BCUT2D eigenvalue weighted by molar-refractivity contribution is -0.132. The van der Waals surface area contributed by atoms with Crippen LogP contribution in [0.2, 0.25) is 0 Å². The third-order valence-electron chi connectivity index (χ3n) is 2.63. The van der Waals surface area contributed by atoms with E-state index in [2.05, 4.69) is 0 Å². The zero-order valence-electron chi connectivity index (χ0n) is 9.72. The Balaban J connectivity index is 2.59. The molecular formula is C11H16N4O2. The van der Waals surface area contributed by atoms with Gasteiger partial charge in [-0.1, -0.05) is 5.57 Å². The molecule has 6 nitrogen and oxygen atoms in total. The fraction of sp³-hybridized carbons (Fsp3) is 0.545. The maximum Gasteiger partial charge on any atom is 0.241 e. The van der Waals surface area contributed by atoms with Gasteiger partial charge in [-0.2, -0.15) is 5.26 Å². The van der Waals surface area contributed by atoms with E-state index in [1.807, 2.05) is 13.0 Å². The van der Waals surface area contributed by atoms with Crippen molar-refractivity contribution in [1.29, 1.82) is 5.26 Å². The van der Waals surface area contributed by atoms with Gasteiger partial charge in [-0.15, -0.1) is 0 Å². The molecule has 0 aromatic heterocycles. The highest BCUT2D eigenvalue weighted by atomic mass is 16.2. The molecule has 17 heavy (non-hydrogen) atoms. The lowest BCUT2D eigenvalue weighted by atomic mass is 10.1. The fourth-order valence-electron chi connectivity index (χ4n) is 1.74. The zero-order valence-corrected chi connectivity index (χ0v) is 9.72. The van der Waals surface area contributed by atoms with Gasteiger partial charge in [-0.05, 0) is 19.4 Å². The van der Waals surface area contributed by atoms with Gasteiger partial charge in [0, 0.05) is 13.0 Å². The standard InChI is InChI=1S/C11H16N4O2/c1-7-4-8(5-12)15(6-7)11(17)9(13)2-3-10(14)16/h4,8-9H,2-3,6,13H2,1H3,(H2,14,16)/t8?,9-/m0/s1. The Bertz CT molecular complexity index is 397. The van der Waals surface area contributed by atoms with E-state index in [0.717, 1.165) is 5.57 Å². The van der Waals surface area contributed by atoms with Crippen molar-refractivity contribution in [2.24, 2.45) is 11.5 Å². The molecule has 0 aliphatic carbocycles. The second-order valence-electron chi connectivity index (χ2n) is 4.16. The summed E-state index contributed by atoms with van der Waals surface area (Å²) < 4.78 is 0. The summed E-state index contributed by atoms with van der Waals surface area (Å²) in [5, 5.41) is 8.90. The maximum absolute atomic E-state index is 11.9. The van der Waals surface area contributed by atoms with E-state index >= 15 is 0 Å². The number of hydrogen-bond donors (Lipinski definition) is 2. The number of hydrogen-bond acceptors (Lipinski definition) is 4. The topological polar surface area (TPSA) is 113 Å². The molecular weight excluding hydrogens is 220 g/mol. The lowest BCUT2D eigenvalue weighted by Gasteiger charge is -2.23. The number of rotatable bonds is 4. The minimum atomic E-state index is -0.780. The van der Waals surface area contributed by atoms with E-state index < -0.39 is 18.0 Å². The number of carbonyl (C=O) groups is 2. The first-order valence-electron chi connectivity index (χ1n) is 5.37. The normalized spacial score (nSPS) is 20.6. The summed E-state index contributed by atoms with van der Waals surface area (Å²) in [5.74, 6) is -0.799. The number of primary amides is 1. The Hall–Kier alpha value is -1.87. The Morgan fingerprint density at radius 2 is 2.35 bits per heavy atom. The predicted molar refractivity (Wildman–Crippen MR) is 61.3 cm³/mol. The molecule has 0 aromatic rings. The second kappa shape index (κ2) is 5.46. The average Bonchev–Trinajstić information content (AvgIpc) is 2.66. The molecule has 4 N–H and O–H groups in total. The third-order valence-corrected chi connectivity index (χ3v) is 2.63. The highest BCUT2D eigenvalue weighted by Gasteiger charge is 2.30. The third kappa shape index (κ3) is 3.29. The van der Waals surface area contributed by atoms with Crippen LogP contribution in [-0.2, 0) is 9.59 Å². The van der Waals surface area contributed by atoms with Gasteiger partial charge in [0.05, 0.1) is 12.1 Å². The van der Waals surface area contributed by atoms with Gasteiger partial charge in [0.15, 0.2) is 0 Å². The highest BCUT2D eigenvalue weighted by molar-refractivity contribution is 5.84. The molecule has 2 atom stereocenters. The maximum atomic E-state index is 11.9. The number of nitrogens with two attached hydrogens (primary N) is 2. The molecule has 0 radical (unpaired) electrons. The van der Waals surface area contributed by atoms with E-state index in [1.54, 1.807) is 6.08 Å². The van der Waals surface area contributed by atoms with Crippen molar-refractivity contribution >= 4 is 11.8 Å². The van der Waals surface area contributed by atoms with Crippen molar-refractivity contribution < 1.29 is 9.59 Å². The van der Waals surface area contributed by atoms with E-state index in [0.29, 0.717) is 6.54 Å². The van der Waals surface area contributed by atoms with Crippen molar-refractivity contribution in [3.8, 4) is 6.07 Å². The van der Waals surface area contributed by atoms with Crippen LogP contribution in [-0.4, -0.2) is 35.3 Å². The Kier molecular flexibility index (Phi) is 4.24. The first-order chi connectivity index (χ1) is 7.95. The van der Waals surface area contributed by atoms with Gasteiger partial charge in [-0.3, -0.25) is 9.59 Å². The van der Waals surface area contributed by atoms with E-state index in [4.69, 9.17) is 16.7 Å². The molecule has 0 aromatic carbocycles. The molecule has 92 valence electrons. The van der Waals surface area contributed by atoms with Crippen LogP contribution in [0.4, 0.5) is 0 Å².